The molecular formula is C11H21NO7. The van der Waals surface area contributed by atoms with Crippen molar-refractivity contribution in [3.05, 3.63) is 0 Å². The first-order valence-corrected chi connectivity index (χ1v) is 5.78. The van der Waals surface area contributed by atoms with Gasteiger partial charge in [0.1, 0.15) is 6.04 Å². The lowest BCUT2D eigenvalue weighted by molar-refractivity contribution is -0.146. The number of aliphatic carboxylic acids is 3. The second kappa shape index (κ2) is 11.4. The number of carboxylic acid groups (broad SMARTS) is 3. The summed E-state index contributed by atoms with van der Waals surface area (Å²) in [6.45, 7) is 3.55. The van der Waals surface area contributed by atoms with Crippen molar-refractivity contribution in [1.29, 1.82) is 0 Å². The van der Waals surface area contributed by atoms with Gasteiger partial charge in [0.2, 0.25) is 0 Å². The average molecular weight is 279 g/mol. The smallest absolute Gasteiger partial charge is 0.332 e. The van der Waals surface area contributed by atoms with Crippen molar-refractivity contribution in [2.75, 3.05) is 6.54 Å². The van der Waals surface area contributed by atoms with Gasteiger partial charge in [-0.05, 0) is 25.8 Å². The van der Waals surface area contributed by atoms with E-state index in [1.165, 1.54) is 0 Å². The normalized spacial score (nSPS) is 18.2. The number of carbonyl (C=O) groups is 3. The molecule has 0 amide bonds. The summed E-state index contributed by atoms with van der Waals surface area (Å²) in [4.78, 5) is 28.8. The number of carboxylic acids is 3. The summed E-state index contributed by atoms with van der Waals surface area (Å²) in [7, 11) is 0. The molecule has 8 nitrogen and oxygen atoms in total. The molecule has 0 spiro atoms. The summed E-state index contributed by atoms with van der Waals surface area (Å²) < 4.78 is 0. The highest BCUT2D eigenvalue weighted by molar-refractivity contribution is 5.73. The Labute approximate surface area is 111 Å². The highest BCUT2D eigenvalue weighted by Crippen LogP contribution is 2.03. The maximum absolute atomic E-state index is 10.1. The van der Waals surface area contributed by atoms with Crippen molar-refractivity contribution in [3.63, 3.8) is 0 Å². The second-order valence-electron chi connectivity index (χ2n) is 3.77. The Morgan fingerprint density at radius 1 is 1.26 bits per heavy atom. The molecule has 0 aromatic heterocycles. The van der Waals surface area contributed by atoms with Crippen LogP contribution in [0, 0.1) is 0 Å². The zero-order valence-corrected chi connectivity index (χ0v) is 11.0. The van der Waals surface area contributed by atoms with E-state index in [9.17, 15) is 9.59 Å². The highest BCUT2D eigenvalue weighted by Gasteiger charge is 2.20. The van der Waals surface area contributed by atoms with Gasteiger partial charge in [-0.2, -0.15) is 0 Å². The molecule has 112 valence electrons. The van der Waals surface area contributed by atoms with Crippen LogP contribution in [0.5, 0.6) is 0 Å². The van der Waals surface area contributed by atoms with Gasteiger partial charge in [-0.3, -0.25) is 9.59 Å². The largest absolute Gasteiger partial charge is 0.481 e. The number of hydrogen-bond acceptors (Lipinski definition) is 5. The highest BCUT2D eigenvalue weighted by atomic mass is 16.4. The van der Waals surface area contributed by atoms with E-state index in [-0.39, 0.29) is 12.5 Å². The van der Waals surface area contributed by atoms with Gasteiger partial charge < -0.3 is 25.7 Å². The third kappa shape index (κ3) is 14.3. The molecule has 1 aliphatic rings. The summed E-state index contributed by atoms with van der Waals surface area (Å²) in [5.74, 6) is -2.70. The summed E-state index contributed by atoms with van der Waals surface area (Å²) in [5.41, 5.74) is 0. The lowest BCUT2D eigenvalue weighted by atomic mass is 10.2. The molecule has 1 heterocycles. The van der Waals surface area contributed by atoms with Gasteiger partial charge >= 0.3 is 11.9 Å². The minimum Gasteiger partial charge on any atom is -0.481 e. The van der Waals surface area contributed by atoms with E-state index >= 15 is 0 Å². The zero-order valence-electron chi connectivity index (χ0n) is 11.0. The Morgan fingerprint density at radius 2 is 1.74 bits per heavy atom. The van der Waals surface area contributed by atoms with Crippen molar-refractivity contribution >= 4 is 17.9 Å². The number of aliphatic hydroxyl groups is 1. The molecule has 0 aromatic rings. The molecule has 0 aromatic carbocycles. The molecule has 1 rings (SSSR count). The first-order chi connectivity index (χ1) is 8.72. The second-order valence-corrected chi connectivity index (χ2v) is 3.77. The van der Waals surface area contributed by atoms with Crippen LogP contribution in [0.2, 0.25) is 0 Å². The molecule has 1 fully saturated rings. The van der Waals surface area contributed by atoms with E-state index < -0.39 is 24.0 Å². The van der Waals surface area contributed by atoms with Crippen molar-refractivity contribution in [3.8, 4) is 0 Å². The monoisotopic (exact) mass is 279 g/mol. The van der Waals surface area contributed by atoms with Crippen molar-refractivity contribution in [2.24, 2.45) is 0 Å². The van der Waals surface area contributed by atoms with E-state index in [1.807, 2.05) is 0 Å². The fraction of sp³-hybridized carbons (Fsp3) is 0.727. The minimum atomic E-state index is -1.18. The SMILES string of the molecule is CC(=O)O.CCC(O)C(=O)O.O=C(O)C1CCCN1. The maximum atomic E-state index is 10.1. The molecule has 0 bridgehead atoms. The molecule has 2 unspecified atom stereocenters. The predicted octanol–water partition coefficient (Wildman–Crippen LogP) is -0.244. The van der Waals surface area contributed by atoms with E-state index in [4.69, 9.17) is 25.2 Å². The molecular weight excluding hydrogens is 258 g/mol. The van der Waals surface area contributed by atoms with Gasteiger partial charge in [-0.1, -0.05) is 6.92 Å². The van der Waals surface area contributed by atoms with Crippen LogP contribution >= 0.6 is 0 Å². The van der Waals surface area contributed by atoms with Crippen LogP contribution in [0.15, 0.2) is 0 Å². The van der Waals surface area contributed by atoms with Crippen molar-refractivity contribution in [2.45, 2.75) is 45.3 Å². The van der Waals surface area contributed by atoms with Gasteiger partial charge in [-0.25, -0.2) is 4.79 Å². The molecule has 5 N–H and O–H groups in total. The Bertz CT molecular complexity index is 283. The molecule has 0 aliphatic carbocycles. The van der Waals surface area contributed by atoms with E-state index in [0.717, 1.165) is 26.3 Å². The van der Waals surface area contributed by atoms with Gasteiger partial charge in [0.15, 0.2) is 6.10 Å². The predicted molar refractivity (Wildman–Crippen MR) is 65.9 cm³/mol. The van der Waals surface area contributed by atoms with Crippen LogP contribution in [0.1, 0.15) is 33.1 Å². The summed E-state index contributed by atoms with van der Waals surface area (Å²) >= 11 is 0. The van der Waals surface area contributed by atoms with Crippen LogP contribution in [-0.2, 0) is 14.4 Å². The van der Waals surface area contributed by atoms with Gasteiger partial charge in [-0.15, -0.1) is 0 Å². The van der Waals surface area contributed by atoms with Crippen molar-refractivity contribution < 1.29 is 34.8 Å². The molecule has 1 aliphatic heterocycles. The fourth-order valence-electron chi connectivity index (χ4n) is 1.07. The minimum absolute atomic E-state index is 0.269. The maximum Gasteiger partial charge on any atom is 0.332 e. The topological polar surface area (TPSA) is 144 Å². The zero-order chi connectivity index (χ0) is 15.4. The van der Waals surface area contributed by atoms with Crippen LogP contribution < -0.4 is 5.32 Å². The third-order valence-corrected chi connectivity index (χ3v) is 2.03. The van der Waals surface area contributed by atoms with Gasteiger partial charge in [0.25, 0.3) is 5.97 Å². The summed E-state index contributed by atoms with van der Waals surface area (Å²) in [6, 6.07) is -0.269. The number of aliphatic hydroxyl groups excluding tert-OH is 1. The van der Waals surface area contributed by atoms with Crippen LogP contribution in [0.3, 0.4) is 0 Å². The quantitative estimate of drug-likeness (QED) is 0.476. The molecule has 1 saturated heterocycles. The summed E-state index contributed by atoms with van der Waals surface area (Å²) in [6.07, 6.45) is 0.877. The van der Waals surface area contributed by atoms with Gasteiger partial charge in [0, 0.05) is 6.92 Å². The lowest BCUT2D eigenvalue weighted by Gasteiger charge is -1.99. The van der Waals surface area contributed by atoms with E-state index in [0.29, 0.717) is 0 Å². The van der Waals surface area contributed by atoms with Crippen LogP contribution in [0.4, 0.5) is 0 Å². The molecule has 19 heavy (non-hydrogen) atoms. The van der Waals surface area contributed by atoms with Crippen LogP contribution in [0.25, 0.3) is 0 Å². The Kier molecular flexibility index (Phi) is 11.8. The molecule has 8 heteroatoms. The molecule has 0 radical (unpaired) electrons. The first kappa shape index (κ1) is 19.7. The number of rotatable bonds is 3. The summed E-state index contributed by atoms with van der Waals surface area (Å²) in [5, 5.41) is 34.9. The van der Waals surface area contributed by atoms with Gasteiger partial charge in [0.05, 0.1) is 0 Å². The number of nitrogens with one attached hydrogen (secondary N) is 1. The number of hydrogen-bond donors (Lipinski definition) is 5. The Morgan fingerprint density at radius 3 is 1.84 bits per heavy atom. The third-order valence-electron chi connectivity index (χ3n) is 2.03. The van der Waals surface area contributed by atoms with Crippen LogP contribution in [-0.4, -0.2) is 57.0 Å². The molecule has 0 saturated carbocycles. The average Bonchev–Trinajstić information content (AvgIpc) is 2.81. The standard InChI is InChI=1S/C5H9NO2.C4H8O3.C2H4O2/c7-5(8)4-2-1-3-6-4;1-2-3(5)4(6)7;1-2(3)4/h4,6H,1-3H2,(H,7,8);3,5H,2H2,1H3,(H,6,7);1H3,(H,3,4). The Hall–Kier alpha value is -1.67. The van der Waals surface area contributed by atoms with E-state index in [1.54, 1.807) is 6.92 Å². The Balaban J connectivity index is 0. The molecule has 2 atom stereocenters. The van der Waals surface area contributed by atoms with E-state index in [2.05, 4.69) is 5.32 Å². The first-order valence-electron chi connectivity index (χ1n) is 5.78. The lowest BCUT2D eigenvalue weighted by Crippen LogP contribution is -2.29. The van der Waals surface area contributed by atoms with Crippen molar-refractivity contribution in [1.82, 2.24) is 5.32 Å². The fourth-order valence-corrected chi connectivity index (χ4v) is 1.07.